The predicted molar refractivity (Wildman–Crippen MR) is 77.7 cm³/mol. The lowest BCUT2D eigenvalue weighted by molar-refractivity contribution is 0.197. The molecule has 4 nitrogen and oxygen atoms in total. The largest absolute Gasteiger partial charge is 0.325 e. The Morgan fingerprint density at radius 1 is 1.53 bits per heavy atom. The molecule has 1 saturated carbocycles. The number of aromatic nitrogens is 3. The van der Waals surface area contributed by atoms with Crippen molar-refractivity contribution in [2.45, 2.75) is 71.4 Å². The molecule has 2 N–H and O–H groups in total. The highest BCUT2D eigenvalue weighted by Crippen LogP contribution is 2.36. The van der Waals surface area contributed by atoms with Gasteiger partial charge in [-0.25, -0.2) is 4.98 Å². The van der Waals surface area contributed by atoms with Crippen LogP contribution in [-0.4, -0.2) is 20.3 Å². The number of hydrogen-bond acceptors (Lipinski definition) is 3. The molecule has 0 aliphatic heterocycles. The van der Waals surface area contributed by atoms with Gasteiger partial charge in [-0.2, -0.15) is 5.10 Å². The fraction of sp³-hybridized carbons (Fsp3) is 0.867. The van der Waals surface area contributed by atoms with Gasteiger partial charge < -0.3 is 5.73 Å². The molecule has 2 unspecified atom stereocenters. The van der Waals surface area contributed by atoms with Crippen molar-refractivity contribution >= 4 is 0 Å². The second-order valence-corrected chi connectivity index (χ2v) is 6.62. The first kappa shape index (κ1) is 14.5. The van der Waals surface area contributed by atoms with E-state index in [1.165, 1.54) is 19.3 Å². The average Bonchev–Trinajstić information content (AvgIpc) is 2.74. The highest BCUT2D eigenvalue weighted by Gasteiger charge is 2.34. The van der Waals surface area contributed by atoms with E-state index < -0.39 is 0 Å². The number of nitrogens with two attached hydrogens (primary N) is 1. The standard InChI is InChI=1S/C15H28N4/c1-4-19-14(17-11-18-19)10-15(16)7-5-6-13(9-15)8-12(2)3/h11-13H,4-10,16H2,1-3H3. The average molecular weight is 264 g/mol. The Morgan fingerprint density at radius 2 is 2.32 bits per heavy atom. The summed E-state index contributed by atoms with van der Waals surface area (Å²) in [5, 5.41) is 4.25. The molecule has 0 saturated heterocycles. The van der Waals surface area contributed by atoms with Crippen molar-refractivity contribution in [1.82, 2.24) is 14.8 Å². The Labute approximate surface area is 116 Å². The first-order valence-electron chi connectivity index (χ1n) is 7.68. The molecule has 19 heavy (non-hydrogen) atoms. The van der Waals surface area contributed by atoms with Crippen LogP contribution < -0.4 is 5.73 Å². The van der Waals surface area contributed by atoms with E-state index in [0.29, 0.717) is 0 Å². The molecule has 1 heterocycles. The van der Waals surface area contributed by atoms with E-state index in [2.05, 4.69) is 30.9 Å². The summed E-state index contributed by atoms with van der Waals surface area (Å²) in [6.45, 7) is 7.59. The highest BCUT2D eigenvalue weighted by molar-refractivity contribution is 5.00. The van der Waals surface area contributed by atoms with Crippen molar-refractivity contribution in [1.29, 1.82) is 0 Å². The van der Waals surface area contributed by atoms with Gasteiger partial charge in [0.25, 0.3) is 0 Å². The maximum atomic E-state index is 6.66. The molecule has 1 fully saturated rings. The quantitative estimate of drug-likeness (QED) is 0.889. The monoisotopic (exact) mass is 264 g/mol. The van der Waals surface area contributed by atoms with E-state index in [1.807, 2.05) is 4.68 Å². The van der Waals surface area contributed by atoms with Crippen molar-refractivity contribution in [2.24, 2.45) is 17.6 Å². The Balaban J connectivity index is 2.01. The molecule has 0 spiro atoms. The fourth-order valence-electron chi connectivity index (χ4n) is 3.55. The summed E-state index contributed by atoms with van der Waals surface area (Å²) in [4.78, 5) is 4.38. The number of nitrogens with zero attached hydrogens (tertiary/aromatic N) is 3. The van der Waals surface area contributed by atoms with Gasteiger partial charge in [-0.3, -0.25) is 4.68 Å². The van der Waals surface area contributed by atoms with E-state index in [1.54, 1.807) is 6.33 Å². The van der Waals surface area contributed by atoms with E-state index in [-0.39, 0.29) is 5.54 Å². The second-order valence-electron chi connectivity index (χ2n) is 6.62. The lowest BCUT2D eigenvalue weighted by Gasteiger charge is -2.38. The van der Waals surface area contributed by atoms with E-state index in [0.717, 1.165) is 43.5 Å². The van der Waals surface area contributed by atoms with Crippen LogP contribution in [0.5, 0.6) is 0 Å². The minimum atomic E-state index is -0.0717. The summed E-state index contributed by atoms with van der Waals surface area (Å²) in [5.41, 5.74) is 6.59. The van der Waals surface area contributed by atoms with Crippen molar-refractivity contribution in [3.05, 3.63) is 12.2 Å². The zero-order chi connectivity index (χ0) is 13.9. The molecule has 1 aromatic rings. The molecule has 0 aromatic carbocycles. The highest BCUT2D eigenvalue weighted by atomic mass is 15.3. The van der Waals surface area contributed by atoms with Crippen LogP contribution in [-0.2, 0) is 13.0 Å². The number of hydrogen-bond donors (Lipinski definition) is 1. The van der Waals surface area contributed by atoms with Crippen LogP contribution >= 0.6 is 0 Å². The molecule has 1 aromatic heterocycles. The molecule has 4 heteroatoms. The normalized spacial score (nSPS) is 27.9. The van der Waals surface area contributed by atoms with Gasteiger partial charge in [0.05, 0.1) is 0 Å². The van der Waals surface area contributed by atoms with Gasteiger partial charge in [0.2, 0.25) is 0 Å². The van der Waals surface area contributed by atoms with Gasteiger partial charge in [-0.1, -0.05) is 26.7 Å². The van der Waals surface area contributed by atoms with Gasteiger partial charge in [0, 0.05) is 18.5 Å². The third-order valence-corrected chi connectivity index (χ3v) is 4.29. The van der Waals surface area contributed by atoms with Crippen molar-refractivity contribution < 1.29 is 0 Å². The number of aryl methyl sites for hydroxylation is 1. The Morgan fingerprint density at radius 3 is 3.00 bits per heavy atom. The molecule has 2 atom stereocenters. The molecule has 108 valence electrons. The third-order valence-electron chi connectivity index (χ3n) is 4.29. The number of rotatable bonds is 5. The topological polar surface area (TPSA) is 56.7 Å². The Hall–Kier alpha value is -0.900. The summed E-state index contributed by atoms with van der Waals surface area (Å²) in [5.74, 6) is 2.61. The third kappa shape index (κ3) is 3.78. The summed E-state index contributed by atoms with van der Waals surface area (Å²) in [6, 6.07) is 0. The molecule has 1 aliphatic rings. The second kappa shape index (κ2) is 6.04. The Bertz CT molecular complexity index is 399. The zero-order valence-electron chi connectivity index (χ0n) is 12.6. The van der Waals surface area contributed by atoms with Gasteiger partial charge >= 0.3 is 0 Å². The zero-order valence-corrected chi connectivity index (χ0v) is 12.6. The molecule has 1 aliphatic carbocycles. The molecule has 0 bridgehead atoms. The van der Waals surface area contributed by atoms with Crippen LogP contribution in [0.15, 0.2) is 6.33 Å². The van der Waals surface area contributed by atoms with Crippen molar-refractivity contribution in [3.63, 3.8) is 0 Å². The summed E-state index contributed by atoms with van der Waals surface area (Å²) in [7, 11) is 0. The van der Waals surface area contributed by atoms with Gasteiger partial charge in [-0.15, -0.1) is 0 Å². The molecular weight excluding hydrogens is 236 g/mol. The van der Waals surface area contributed by atoms with Crippen LogP contribution in [0.25, 0.3) is 0 Å². The van der Waals surface area contributed by atoms with Gasteiger partial charge in [0.1, 0.15) is 12.2 Å². The summed E-state index contributed by atoms with van der Waals surface area (Å²) >= 11 is 0. The lowest BCUT2D eigenvalue weighted by Crippen LogP contribution is -2.47. The smallest absolute Gasteiger partial charge is 0.138 e. The predicted octanol–water partition coefficient (Wildman–Crippen LogP) is 2.77. The minimum absolute atomic E-state index is 0.0717. The Kier molecular flexibility index (Phi) is 4.61. The van der Waals surface area contributed by atoms with Crippen LogP contribution in [0.4, 0.5) is 0 Å². The van der Waals surface area contributed by atoms with Crippen LogP contribution in [0.3, 0.4) is 0 Å². The van der Waals surface area contributed by atoms with E-state index >= 15 is 0 Å². The van der Waals surface area contributed by atoms with Crippen molar-refractivity contribution in [3.8, 4) is 0 Å². The minimum Gasteiger partial charge on any atom is -0.325 e. The van der Waals surface area contributed by atoms with Crippen LogP contribution in [0.1, 0.15) is 58.7 Å². The molecule has 2 rings (SSSR count). The lowest BCUT2D eigenvalue weighted by atomic mass is 9.72. The first-order valence-corrected chi connectivity index (χ1v) is 7.68. The maximum absolute atomic E-state index is 6.66. The van der Waals surface area contributed by atoms with Crippen LogP contribution in [0.2, 0.25) is 0 Å². The fourth-order valence-corrected chi connectivity index (χ4v) is 3.55. The SMILES string of the molecule is CCn1ncnc1CC1(N)CCCC(CC(C)C)C1. The van der Waals surface area contributed by atoms with Crippen molar-refractivity contribution in [2.75, 3.05) is 0 Å². The molecule has 0 radical (unpaired) electrons. The maximum Gasteiger partial charge on any atom is 0.138 e. The van der Waals surface area contributed by atoms with Gasteiger partial charge in [-0.05, 0) is 38.0 Å². The van der Waals surface area contributed by atoms with E-state index in [4.69, 9.17) is 5.73 Å². The van der Waals surface area contributed by atoms with E-state index in [9.17, 15) is 0 Å². The summed E-state index contributed by atoms with van der Waals surface area (Å²) < 4.78 is 1.97. The molecular formula is C15H28N4. The van der Waals surface area contributed by atoms with Gasteiger partial charge in [0.15, 0.2) is 0 Å². The molecule has 0 amide bonds. The van der Waals surface area contributed by atoms with Crippen LogP contribution in [0, 0.1) is 11.8 Å². The summed E-state index contributed by atoms with van der Waals surface area (Å²) in [6.07, 6.45) is 8.69. The first-order chi connectivity index (χ1) is 9.02.